The first-order valence-electron chi connectivity index (χ1n) is 6.70. The van der Waals surface area contributed by atoms with Gasteiger partial charge in [0.1, 0.15) is 0 Å². The third kappa shape index (κ3) is 5.76. The Hall–Kier alpha value is -0.710. The molecule has 1 aliphatic heterocycles. The summed E-state index contributed by atoms with van der Waals surface area (Å²) < 4.78 is 0. The highest BCUT2D eigenvalue weighted by molar-refractivity contribution is 8.00. The molecule has 5 heteroatoms. The Bertz CT molecular complexity index is 283. The van der Waals surface area contributed by atoms with Gasteiger partial charge in [-0.1, -0.05) is 19.8 Å². The molecule has 0 radical (unpaired) electrons. The smallest absolute Gasteiger partial charge is 0.313 e. The fourth-order valence-corrected chi connectivity index (χ4v) is 3.06. The van der Waals surface area contributed by atoms with Crippen molar-refractivity contribution in [1.82, 2.24) is 4.90 Å². The molecule has 1 N–H and O–H groups in total. The van der Waals surface area contributed by atoms with Crippen LogP contribution in [0, 0.1) is 5.92 Å². The number of rotatable bonds is 6. The number of carboxylic acid groups (broad SMARTS) is 1. The number of carboxylic acids is 1. The van der Waals surface area contributed by atoms with Gasteiger partial charge in [-0.25, -0.2) is 0 Å². The molecule has 4 nitrogen and oxygen atoms in total. The molecule has 1 heterocycles. The maximum Gasteiger partial charge on any atom is 0.313 e. The van der Waals surface area contributed by atoms with Gasteiger partial charge in [0.15, 0.2) is 0 Å². The Kier molecular flexibility index (Phi) is 7.16. The van der Waals surface area contributed by atoms with Crippen LogP contribution in [0.2, 0.25) is 0 Å². The van der Waals surface area contributed by atoms with E-state index in [1.54, 1.807) is 0 Å². The molecule has 1 unspecified atom stereocenters. The number of amides is 1. The summed E-state index contributed by atoms with van der Waals surface area (Å²) >= 11 is 1.19. The van der Waals surface area contributed by atoms with Crippen molar-refractivity contribution in [3.05, 3.63) is 0 Å². The molecule has 0 aromatic rings. The molecule has 104 valence electrons. The van der Waals surface area contributed by atoms with Crippen molar-refractivity contribution in [3.8, 4) is 0 Å². The number of carbonyl (C=O) groups is 2. The predicted octanol–water partition coefficient (Wildman–Crippen LogP) is 2.23. The van der Waals surface area contributed by atoms with Gasteiger partial charge in [0.05, 0.1) is 11.5 Å². The molecular formula is C13H23NO3S. The van der Waals surface area contributed by atoms with Crippen LogP contribution in [0.3, 0.4) is 0 Å². The van der Waals surface area contributed by atoms with Crippen molar-refractivity contribution >= 4 is 23.6 Å². The van der Waals surface area contributed by atoms with E-state index in [9.17, 15) is 9.59 Å². The fraction of sp³-hybridized carbons (Fsp3) is 0.846. The third-order valence-corrected chi connectivity index (χ3v) is 4.25. The maximum absolute atomic E-state index is 11.9. The predicted molar refractivity (Wildman–Crippen MR) is 73.8 cm³/mol. The van der Waals surface area contributed by atoms with E-state index < -0.39 is 5.97 Å². The van der Waals surface area contributed by atoms with Gasteiger partial charge in [-0.15, -0.1) is 11.8 Å². The number of carbonyl (C=O) groups excluding carboxylic acids is 1. The van der Waals surface area contributed by atoms with Crippen molar-refractivity contribution in [2.75, 3.05) is 24.6 Å². The van der Waals surface area contributed by atoms with Gasteiger partial charge >= 0.3 is 5.97 Å². The number of thioether (sulfide) groups is 1. The Balaban J connectivity index is 2.28. The largest absolute Gasteiger partial charge is 0.481 e. The summed E-state index contributed by atoms with van der Waals surface area (Å²) in [6.07, 6.45) is 5.88. The molecule has 0 bridgehead atoms. The van der Waals surface area contributed by atoms with E-state index >= 15 is 0 Å². The molecule has 1 fully saturated rings. The Morgan fingerprint density at radius 2 is 2.06 bits per heavy atom. The molecule has 0 aromatic heterocycles. The van der Waals surface area contributed by atoms with Crippen LogP contribution in [0.4, 0.5) is 0 Å². The van der Waals surface area contributed by atoms with E-state index in [-0.39, 0.29) is 11.7 Å². The van der Waals surface area contributed by atoms with Gasteiger partial charge < -0.3 is 10.0 Å². The zero-order valence-electron chi connectivity index (χ0n) is 11.1. The van der Waals surface area contributed by atoms with Crippen LogP contribution < -0.4 is 0 Å². The molecule has 0 spiro atoms. The lowest BCUT2D eigenvalue weighted by Crippen LogP contribution is -2.33. The van der Waals surface area contributed by atoms with E-state index in [0.717, 1.165) is 31.8 Å². The SMILES string of the molecule is CCCC1CCCN(C(=O)CSCC(=O)O)CC1. The van der Waals surface area contributed by atoms with E-state index in [1.807, 2.05) is 4.90 Å². The number of likely N-dealkylation sites (tertiary alicyclic amines) is 1. The summed E-state index contributed by atoms with van der Waals surface area (Å²) in [5, 5.41) is 8.53. The molecule has 1 aliphatic rings. The molecule has 1 amide bonds. The van der Waals surface area contributed by atoms with E-state index in [0.29, 0.717) is 5.75 Å². The highest BCUT2D eigenvalue weighted by Crippen LogP contribution is 2.22. The molecular weight excluding hydrogens is 250 g/mol. The molecule has 0 aromatic carbocycles. The zero-order valence-corrected chi connectivity index (χ0v) is 11.9. The standard InChI is InChI=1S/C13H23NO3S/c1-2-4-11-5-3-7-14(8-6-11)12(15)9-18-10-13(16)17/h11H,2-10H2,1H3,(H,16,17). The van der Waals surface area contributed by atoms with Crippen molar-refractivity contribution in [1.29, 1.82) is 0 Å². The van der Waals surface area contributed by atoms with E-state index in [1.165, 1.54) is 31.0 Å². The second-order valence-corrected chi connectivity index (χ2v) is 5.84. The quantitative estimate of drug-likeness (QED) is 0.806. The Labute approximate surface area is 113 Å². The van der Waals surface area contributed by atoms with Crippen LogP contribution in [-0.2, 0) is 9.59 Å². The van der Waals surface area contributed by atoms with Crippen molar-refractivity contribution in [3.63, 3.8) is 0 Å². The number of aliphatic carboxylic acids is 1. The van der Waals surface area contributed by atoms with Gasteiger partial charge in [0, 0.05) is 13.1 Å². The highest BCUT2D eigenvalue weighted by atomic mass is 32.2. The van der Waals surface area contributed by atoms with Crippen molar-refractivity contribution < 1.29 is 14.7 Å². The number of nitrogens with zero attached hydrogens (tertiary/aromatic N) is 1. The molecule has 1 rings (SSSR count). The van der Waals surface area contributed by atoms with Gasteiger partial charge in [0.25, 0.3) is 0 Å². The summed E-state index contributed by atoms with van der Waals surface area (Å²) in [5.74, 6) is 0.313. The van der Waals surface area contributed by atoms with Crippen LogP contribution in [0.25, 0.3) is 0 Å². The highest BCUT2D eigenvalue weighted by Gasteiger charge is 2.20. The first-order chi connectivity index (χ1) is 8.63. The second kappa shape index (κ2) is 8.40. The minimum absolute atomic E-state index is 0.0119. The fourth-order valence-electron chi connectivity index (χ4n) is 2.43. The Morgan fingerprint density at radius 1 is 1.28 bits per heavy atom. The van der Waals surface area contributed by atoms with Crippen molar-refractivity contribution in [2.24, 2.45) is 5.92 Å². The average Bonchev–Trinajstić information content (AvgIpc) is 2.54. The lowest BCUT2D eigenvalue weighted by Gasteiger charge is -2.20. The number of hydrogen-bond donors (Lipinski definition) is 1. The minimum Gasteiger partial charge on any atom is -0.481 e. The topological polar surface area (TPSA) is 57.6 Å². The molecule has 0 saturated carbocycles. The van der Waals surface area contributed by atoms with Crippen molar-refractivity contribution in [2.45, 2.75) is 39.0 Å². The van der Waals surface area contributed by atoms with E-state index in [4.69, 9.17) is 5.11 Å². The summed E-state index contributed by atoms with van der Waals surface area (Å²) in [5.41, 5.74) is 0. The molecule has 1 saturated heterocycles. The van der Waals surface area contributed by atoms with Crippen LogP contribution >= 0.6 is 11.8 Å². The molecule has 0 aliphatic carbocycles. The summed E-state index contributed by atoms with van der Waals surface area (Å²) in [4.78, 5) is 24.2. The lowest BCUT2D eigenvalue weighted by atomic mass is 9.96. The van der Waals surface area contributed by atoms with E-state index in [2.05, 4.69) is 6.92 Å². The van der Waals surface area contributed by atoms with Gasteiger partial charge in [-0.05, 0) is 25.2 Å². The maximum atomic E-state index is 11.9. The summed E-state index contributed by atoms with van der Waals surface area (Å²) in [6, 6.07) is 0. The van der Waals surface area contributed by atoms with Crippen LogP contribution in [0.1, 0.15) is 39.0 Å². The summed E-state index contributed by atoms with van der Waals surface area (Å²) in [6.45, 7) is 3.89. The number of hydrogen-bond acceptors (Lipinski definition) is 3. The lowest BCUT2D eigenvalue weighted by molar-refractivity contribution is -0.133. The summed E-state index contributed by atoms with van der Waals surface area (Å²) in [7, 11) is 0. The van der Waals surface area contributed by atoms with Crippen LogP contribution in [0.5, 0.6) is 0 Å². The normalized spacial score (nSPS) is 20.5. The molecule has 1 atom stereocenters. The van der Waals surface area contributed by atoms with Crippen LogP contribution in [0.15, 0.2) is 0 Å². The van der Waals surface area contributed by atoms with Gasteiger partial charge in [0.2, 0.25) is 5.91 Å². The monoisotopic (exact) mass is 273 g/mol. The van der Waals surface area contributed by atoms with Gasteiger partial charge in [-0.3, -0.25) is 9.59 Å². The zero-order chi connectivity index (χ0) is 13.4. The Morgan fingerprint density at radius 3 is 2.72 bits per heavy atom. The first kappa shape index (κ1) is 15.3. The van der Waals surface area contributed by atoms with Gasteiger partial charge in [-0.2, -0.15) is 0 Å². The second-order valence-electron chi connectivity index (χ2n) is 4.85. The third-order valence-electron chi connectivity index (χ3n) is 3.35. The first-order valence-corrected chi connectivity index (χ1v) is 7.86. The minimum atomic E-state index is -0.855. The van der Waals surface area contributed by atoms with Crippen LogP contribution in [-0.4, -0.2) is 46.5 Å². The molecule has 18 heavy (non-hydrogen) atoms. The average molecular weight is 273 g/mol.